The fraction of sp³-hybridized carbons (Fsp3) is 0.857. The number of hydrogen-bond donors (Lipinski definition) is 2. The first-order valence-electron chi connectivity index (χ1n) is 6.76. The standard InChI is InChI=1S/C14H25NO3/c1-9(2)10(13(17)18)8-15-12(16)11-6-5-7-14(11,3)4/h9-11H,5-8H2,1-4H3,(H,15,16)(H,17,18). The van der Waals surface area contributed by atoms with E-state index in [1.807, 2.05) is 13.8 Å². The molecule has 0 saturated heterocycles. The van der Waals surface area contributed by atoms with E-state index in [0.29, 0.717) is 0 Å². The van der Waals surface area contributed by atoms with Crippen LogP contribution in [-0.4, -0.2) is 23.5 Å². The largest absolute Gasteiger partial charge is 0.481 e. The van der Waals surface area contributed by atoms with Gasteiger partial charge in [0.05, 0.1) is 5.92 Å². The SMILES string of the molecule is CC(C)C(CNC(=O)C1CCCC1(C)C)C(=O)O. The number of amides is 1. The lowest BCUT2D eigenvalue weighted by atomic mass is 9.81. The van der Waals surface area contributed by atoms with Crippen molar-refractivity contribution in [2.45, 2.75) is 47.0 Å². The Morgan fingerprint density at radius 1 is 1.39 bits per heavy atom. The molecule has 0 aliphatic heterocycles. The van der Waals surface area contributed by atoms with E-state index in [1.165, 1.54) is 0 Å². The molecule has 0 heterocycles. The van der Waals surface area contributed by atoms with Crippen LogP contribution in [0.3, 0.4) is 0 Å². The number of carbonyl (C=O) groups is 2. The number of aliphatic carboxylic acids is 1. The summed E-state index contributed by atoms with van der Waals surface area (Å²) < 4.78 is 0. The van der Waals surface area contributed by atoms with Crippen molar-refractivity contribution in [3.8, 4) is 0 Å². The second-order valence-electron chi connectivity index (χ2n) is 6.37. The van der Waals surface area contributed by atoms with Crippen LogP contribution in [0.4, 0.5) is 0 Å². The summed E-state index contributed by atoms with van der Waals surface area (Å²) in [4.78, 5) is 23.2. The molecule has 1 aliphatic rings. The predicted molar refractivity (Wildman–Crippen MR) is 70.1 cm³/mol. The summed E-state index contributed by atoms with van der Waals surface area (Å²) in [7, 11) is 0. The highest BCUT2D eigenvalue weighted by molar-refractivity contribution is 5.80. The summed E-state index contributed by atoms with van der Waals surface area (Å²) in [6.45, 7) is 8.19. The van der Waals surface area contributed by atoms with Gasteiger partial charge in [0.2, 0.25) is 5.91 Å². The van der Waals surface area contributed by atoms with E-state index in [4.69, 9.17) is 5.11 Å². The molecule has 2 N–H and O–H groups in total. The molecule has 1 saturated carbocycles. The van der Waals surface area contributed by atoms with Crippen molar-refractivity contribution in [2.75, 3.05) is 6.54 Å². The predicted octanol–water partition coefficient (Wildman–Crippen LogP) is 2.29. The molecule has 4 heteroatoms. The minimum atomic E-state index is -0.837. The van der Waals surface area contributed by atoms with Crippen LogP contribution in [0.1, 0.15) is 47.0 Å². The molecule has 2 atom stereocenters. The molecule has 0 radical (unpaired) electrons. The van der Waals surface area contributed by atoms with Gasteiger partial charge in [-0.2, -0.15) is 0 Å². The van der Waals surface area contributed by atoms with Crippen molar-refractivity contribution in [1.82, 2.24) is 5.32 Å². The monoisotopic (exact) mass is 255 g/mol. The minimum Gasteiger partial charge on any atom is -0.481 e. The van der Waals surface area contributed by atoms with Crippen molar-refractivity contribution in [1.29, 1.82) is 0 Å². The van der Waals surface area contributed by atoms with Crippen LogP contribution < -0.4 is 5.32 Å². The maximum absolute atomic E-state index is 12.1. The lowest BCUT2D eigenvalue weighted by molar-refractivity contribution is -0.143. The van der Waals surface area contributed by atoms with Crippen LogP contribution in [-0.2, 0) is 9.59 Å². The van der Waals surface area contributed by atoms with Crippen LogP contribution in [0.2, 0.25) is 0 Å². The molecule has 0 aromatic carbocycles. The zero-order valence-corrected chi connectivity index (χ0v) is 11.8. The van der Waals surface area contributed by atoms with Gasteiger partial charge in [-0.25, -0.2) is 0 Å². The van der Waals surface area contributed by atoms with Gasteiger partial charge < -0.3 is 10.4 Å². The summed E-state index contributed by atoms with van der Waals surface area (Å²) in [5.74, 6) is -1.27. The highest BCUT2D eigenvalue weighted by atomic mass is 16.4. The highest BCUT2D eigenvalue weighted by Gasteiger charge is 2.39. The average Bonchev–Trinajstić information content (AvgIpc) is 2.56. The van der Waals surface area contributed by atoms with Crippen molar-refractivity contribution in [2.24, 2.45) is 23.2 Å². The Balaban J connectivity index is 2.53. The zero-order valence-electron chi connectivity index (χ0n) is 11.8. The molecule has 0 aromatic rings. The van der Waals surface area contributed by atoms with Crippen LogP contribution >= 0.6 is 0 Å². The molecule has 1 fully saturated rings. The lowest BCUT2D eigenvalue weighted by Crippen LogP contribution is -2.41. The highest BCUT2D eigenvalue weighted by Crippen LogP contribution is 2.42. The topological polar surface area (TPSA) is 66.4 Å². The molecule has 0 bridgehead atoms. The first-order valence-corrected chi connectivity index (χ1v) is 6.76. The zero-order chi connectivity index (χ0) is 13.9. The van der Waals surface area contributed by atoms with E-state index in [0.717, 1.165) is 19.3 Å². The Hall–Kier alpha value is -1.06. The fourth-order valence-electron chi connectivity index (χ4n) is 2.75. The molecule has 18 heavy (non-hydrogen) atoms. The molecular formula is C14H25NO3. The Morgan fingerprint density at radius 2 is 2.00 bits per heavy atom. The van der Waals surface area contributed by atoms with E-state index in [9.17, 15) is 9.59 Å². The molecule has 1 amide bonds. The number of nitrogens with one attached hydrogen (secondary N) is 1. The third-order valence-corrected chi connectivity index (χ3v) is 4.19. The Morgan fingerprint density at radius 3 is 2.39 bits per heavy atom. The number of carboxylic acid groups (broad SMARTS) is 1. The second-order valence-corrected chi connectivity index (χ2v) is 6.37. The molecule has 4 nitrogen and oxygen atoms in total. The van der Waals surface area contributed by atoms with E-state index >= 15 is 0 Å². The average molecular weight is 255 g/mol. The first kappa shape index (κ1) is 15.0. The summed E-state index contributed by atoms with van der Waals surface area (Å²) >= 11 is 0. The van der Waals surface area contributed by atoms with Gasteiger partial charge in [0.15, 0.2) is 0 Å². The smallest absolute Gasteiger partial charge is 0.308 e. The van der Waals surface area contributed by atoms with Crippen LogP contribution in [0, 0.1) is 23.2 Å². The van der Waals surface area contributed by atoms with E-state index < -0.39 is 11.9 Å². The van der Waals surface area contributed by atoms with E-state index in [1.54, 1.807) is 0 Å². The van der Waals surface area contributed by atoms with Gasteiger partial charge in [0.25, 0.3) is 0 Å². The van der Waals surface area contributed by atoms with Crippen LogP contribution in [0.5, 0.6) is 0 Å². The van der Waals surface area contributed by atoms with Crippen molar-refractivity contribution in [3.63, 3.8) is 0 Å². The van der Waals surface area contributed by atoms with E-state index in [2.05, 4.69) is 19.2 Å². The maximum atomic E-state index is 12.1. The van der Waals surface area contributed by atoms with Gasteiger partial charge >= 0.3 is 5.97 Å². The van der Waals surface area contributed by atoms with Gasteiger partial charge in [-0.05, 0) is 24.2 Å². The molecule has 104 valence electrons. The van der Waals surface area contributed by atoms with Crippen molar-refractivity contribution in [3.05, 3.63) is 0 Å². The summed E-state index contributed by atoms with van der Waals surface area (Å²) in [6.07, 6.45) is 3.06. The second kappa shape index (κ2) is 5.72. The van der Waals surface area contributed by atoms with Gasteiger partial charge in [0, 0.05) is 12.5 Å². The molecular weight excluding hydrogens is 230 g/mol. The Kier molecular flexibility index (Phi) is 4.77. The third-order valence-electron chi connectivity index (χ3n) is 4.19. The number of rotatable bonds is 5. The van der Waals surface area contributed by atoms with Gasteiger partial charge in [-0.15, -0.1) is 0 Å². The lowest BCUT2D eigenvalue weighted by Gasteiger charge is -2.27. The molecule has 0 spiro atoms. The number of carbonyl (C=O) groups excluding carboxylic acids is 1. The molecule has 2 unspecified atom stereocenters. The van der Waals surface area contributed by atoms with Gasteiger partial charge in [-0.1, -0.05) is 34.1 Å². The quantitative estimate of drug-likeness (QED) is 0.792. The Labute approximate surface area is 109 Å². The number of carboxylic acids is 1. The molecule has 1 aliphatic carbocycles. The van der Waals surface area contributed by atoms with Crippen molar-refractivity contribution < 1.29 is 14.7 Å². The van der Waals surface area contributed by atoms with Crippen LogP contribution in [0.25, 0.3) is 0 Å². The first-order chi connectivity index (χ1) is 8.25. The summed E-state index contributed by atoms with van der Waals surface area (Å²) in [5.41, 5.74) is 0.0423. The third kappa shape index (κ3) is 3.47. The van der Waals surface area contributed by atoms with Gasteiger partial charge in [-0.3, -0.25) is 9.59 Å². The maximum Gasteiger partial charge on any atom is 0.308 e. The summed E-state index contributed by atoms with van der Waals surface area (Å²) in [6, 6.07) is 0. The Bertz CT molecular complexity index is 323. The fourth-order valence-corrected chi connectivity index (χ4v) is 2.75. The van der Waals surface area contributed by atoms with E-state index in [-0.39, 0.29) is 29.7 Å². The number of hydrogen-bond acceptors (Lipinski definition) is 2. The minimum absolute atomic E-state index is 0.0180. The normalized spacial score (nSPS) is 23.9. The van der Waals surface area contributed by atoms with Crippen molar-refractivity contribution >= 4 is 11.9 Å². The van der Waals surface area contributed by atoms with Crippen LogP contribution in [0.15, 0.2) is 0 Å². The molecule has 0 aromatic heterocycles. The summed E-state index contributed by atoms with van der Waals surface area (Å²) in [5, 5.41) is 11.9. The van der Waals surface area contributed by atoms with Gasteiger partial charge in [0.1, 0.15) is 0 Å². The molecule has 1 rings (SSSR count).